The maximum absolute atomic E-state index is 13.1. The molecule has 1 amide bonds. The molecule has 0 radical (unpaired) electrons. The highest BCUT2D eigenvalue weighted by molar-refractivity contribution is 5.96. The van der Waals surface area contributed by atoms with Crippen LogP contribution in [0, 0.1) is 12.7 Å². The topological polar surface area (TPSA) is 86.9 Å². The fourth-order valence-electron chi connectivity index (χ4n) is 4.01. The van der Waals surface area contributed by atoms with E-state index in [1.807, 2.05) is 37.3 Å². The quantitative estimate of drug-likeness (QED) is 0.380. The third kappa shape index (κ3) is 4.74. The van der Waals surface area contributed by atoms with E-state index < -0.39 is 0 Å². The smallest absolute Gasteiger partial charge is 0.247 e. The van der Waals surface area contributed by atoms with Crippen LogP contribution in [0.4, 0.5) is 10.2 Å². The first-order valence-electron chi connectivity index (χ1n) is 11.0. The Labute approximate surface area is 201 Å². The summed E-state index contributed by atoms with van der Waals surface area (Å²) >= 11 is 0. The summed E-state index contributed by atoms with van der Waals surface area (Å²) in [5.41, 5.74) is 4.33. The molecule has 0 aliphatic rings. The van der Waals surface area contributed by atoms with E-state index in [-0.39, 0.29) is 18.3 Å². The Morgan fingerprint density at radius 3 is 2.54 bits per heavy atom. The number of rotatable bonds is 7. The van der Waals surface area contributed by atoms with Crippen LogP contribution in [0.1, 0.15) is 11.3 Å². The van der Waals surface area contributed by atoms with E-state index in [1.54, 1.807) is 47.1 Å². The Morgan fingerprint density at radius 2 is 1.80 bits per heavy atom. The molecular weight excluding hydrogens is 447 g/mol. The molecule has 8 nitrogen and oxygen atoms in total. The van der Waals surface area contributed by atoms with Crippen molar-refractivity contribution in [3.05, 3.63) is 90.1 Å². The Hall–Kier alpha value is -4.53. The molecule has 9 heteroatoms. The minimum absolute atomic E-state index is 0.00573. The summed E-state index contributed by atoms with van der Waals surface area (Å²) in [6.07, 6.45) is 3.48. The van der Waals surface area contributed by atoms with E-state index in [1.165, 1.54) is 12.1 Å². The van der Waals surface area contributed by atoms with Crippen molar-refractivity contribution in [2.45, 2.75) is 20.0 Å². The van der Waals surface area contributed by atoms with Crippen LogP contribution in [-0.2, 0) is 17.9 Å². The molecule has 0 fully saturated rings. The second-order valence-corrected chi connectivity index (χ2v) is 8.10. The monoisotopic (exact) mass is 470 g/mol. The molecule has 176 valence electrons. The number of ether oxygens (including phenoxy) is 1. The largest absolute Gasteiger partial charge is 0.497 e. The predicted octanol–water partition coefficient (Wildman–Crippen LogP) is 4.44. The van der Waals surface area contributed by atoms with Crippen molar-refractivity contribution in [2.24, 2.45) is 0 Å². The number of amides is 1. The van der Waals surface area contributed by atoms with Crippen LogP contribution in [0.3, 0.4) is 0 Å². The zero-order valence-electron chi connectivity index (χ0n) is 19.3. The number of methoxy groups -OCH3 is 1. The summed E-state index contributed by atoms with van der Waals surface area (Å²) in [6, 6.07) is 17.7. The number of aryl methyl sites for hydroxylation is 1. The van der Waals surface area contributed by atoms with E-state index >= 15 is 0 Å². The second-order valence-electron chi connectivity index (χ2n) is 8.10. The van der Waals surface area contributed by atoms with E-state index in [9.17, 15) is 9.18 Å². The normalized spacial score (nSPS) is 11.1. The van der Waals surface area contributed by atoms with Crippen LogP contribution in [0.5, 0.6) is 5.75 Å². The lowest BCUT2D eigenvalue weighted by Crippen LogP contribution is -2.20. The van der Waals surface area contributed by atoms with Gasteiger partial charge in [0.2, 0.25) is 5.91 Å². The number of hydrogen-bond acceptors (Lipinski definition) is 5. The molecule has 0 aliphatic carbocycles. The van der Waals surface area contributed by atoms with Gasteiger partial charge in [0.05, 0.1) is 19.3 Å². The van der Waals surface area contributed by atoms with E-state index in [0.717, 1.165) is 33.5 Å². The summed E-state index contributed by atoms with van der Waals surface area (Å²) in [6.45, 7) is 2.37. The highest BCUT2D eigenvalue weighted by Gasteiger charge is 2.16. The minimum atomic E-state index is -0.283. The molecule has 0 unspecified atom stereocenters. The summed E-state index contributed by atoms with van der Waals surface area (Å²) in [4.78, 5) is 17.2. The number of aromatic nitrogens is 5. The van der Waals surface area contributed by atoms with Crippen molar-refractivity contribution in [1.82, 2.24) is 24.5 Å². The predicted molar refractivity (Wildman–Crippen MR) is 131 cm³/mol. The SMILES string of the molecule is COc1ccc(-c2ccnc3c2c(C)nn3CC(=O)Nc2ccn(Cc3ccc(F)cc3)n2)cc1. The van der Waals surface area contributed by atoms with Gasteiger partial charge in [-0.25, -0.2) is 14.1 Å². The van der Waals surface area contributed by atoms with E-state index in [0.29, 0.717) is 18.0 Å². The summed E-state index contributed by atoms with van der Waals surface area (Å²) in [7, 11) is 1.63. The van der Waals surface area contributed by atoms with Gasteiger partial charge in [0, 0.05) is 23.8 Å². The molecule has 0 saturated heterocycles. The highest BCUT2D eigenvalue weighted by atomic mass is 19.1. The summed E-state index contributed by atoms with van der Waals surface area (Å²) in [5, 5.41) is 12.7. The minimum Gasteiger partial charge on any atom is -0.497 e. The van der Waals surface area contributed by atoms with Crippen molar-refractivity contribution >= 4 is 22.8 Å². The van der Waals surface area contributed by atoms with Gasteiger partial charge in [-0.05, 0) is 53.9 Å². The van der Waals surface area contributed by atoms with Crippen LogP contribution in [0.2, 0.25) is 0 Å². The van der Waals surface area contributed by atoms with Gasteiger partial charge in [0.25, 0.3) is 0 Å². The highest BCUT2D eigenvalue weighted by Crippen LogP contribution is 2.30. The van der Waals surface area contributed by atoms with Crippen LogP contribution >= 0.6 is 0 Å². The van der Waals surface area contributed by atoms with Crippen LogP contribution < -0.4 is 10.1 Å². The Kier molecular flexibility index (Phi) is 5.97. The molecule has 0 bridgehead atoms. The Morgan fingerprint density at radius 1 is 1.03 bits per heavy atom. The molecular formula is C26H23FN6O2. The van der Waals surface area contributed by atoms with E-state index in [4.69, 9.17) is 4.74 Å². The molecule has 35 heavy (non-hydrogen) atoms. The molecule has 3 aromatic heterocycles. The maximum Gasteiger partial charge on any atom is 0.247 e. The van der Waals surface area contributed by atoms with Crippen LogP contribution in [0.15, 0.2) is 73.1 Å². The van der Waals surface area contributed by atoms with Gasteiger partial charge in [-0.3, -0.25) is 9.48 Å². The molecule has 0 atom stereocenters. The van der Waals surface area contributed by atoms with Crippen molar-refractivity contribution in [3.63, 3.8) is 0 Å². The van der Waals surface area contributed by atoms with Gasteiger partial charge < -0.3 is 10.1 Å². The van der Waals surface area contributed by atoms with Crippen molar-refractivity contribution in [1.29, 1.82) is 0 Å². The molecule has 5 aromatic rings. The maximum atomic E-state index is 13.1. The molecule has 5 rings (SSSR count). The lowest BCUT2D eigenvalue weighted by molar-refractivity contribution is -0.116. The number of benzene rings is 2. The number of carbonyl (C=O) groups excluding carboxylic acids is 1. The second kappa shape index (κ2) is 9.38. The molecule has 0 spiro atoms. The standard InChI is InChI=1S/C26H23FN6O2/c1-17-25-22(19-5-9-21(35-2)10-6-19)11-13-28-26(25)33(30-17)16-24(34)29-23-12-14-32(31-23)15-18-3-7-20(27)8-4-18/h3-14H,15-16H2,1-2H3,(H,29,31,34). The van der Waals surface area contributed by atoms with Crippen molar-refractivity contribution < 1.29 is 13.9 Å². The number of hydrogen-bond donors (Lipinski definition) is 1. The van der Waals surface area contributed by atoms with Gasteiger partial charge in [0.15, 0.2) is 11.5 Å². The fraction of sp³-hybridized carbons (Fsp3) is 0.154. The molecule has 0 saturated carbocycles. The van der Waals surface area contributed by atoms with E-state index in [2.05, 4.69) is 20.5 Å². The number of carbonyl (C=O) groups is 1. The number of halogens is 1. The summed E-state index contributed by atoms with van der Waals surface area (Å²) < 4.78 is 21.6. The molecule has 0 aliphatic heterocycles. The third-order valence-electron chi connectivity index (χ3n) is 5.67. The first kappa shape index (κ1) is 22.3. The van der Waals surface area contributed by atoms with Gasteiger partial charge in [-0.1, -0.05) is 24.3 Å². The van der Waals surface area contributed by atoms with Crippen LogP contribution in [0.25, 0.3) is 22.2 Å². The lowest BCUT2D eigenvalue weighted by Gasteiger charge is -2.07. The average Bonchev–Trinajstić information content (AvgIpc) is 3.44. The fourth-order valence-corrected chi connectivity index (χ4v) is 4.01. The first-order valence-corrected chi connectivity index (χ1v) is 11.0. The molecule has 1 N–H and O–H groups in total. The molecule has 3 heterocycles. The Bertz CT molecular complexity index is 1490. The zero-order valence-corrected chi connectivity index (χ0v) is 19.3. The van der Waals surface area contributed by atoms with Gasteiger partial charge in [0.1, 0.15) is 18.1 Å². The zero-order chi connectivity index (χ0) is 24.4. The van der Waals surface area contributed by atoms with Crippen LogP contribution in [-0.4, -0.2) is 37.6 Å². The first-order chi connectivity index (χ1) is 17.0. The van der Waals surface area contributed by atoms with Crippen molar-refractivity contribution in [2.75, 3.05) is 12.4 Å². The lowest BCUT2D eigenvalue weighted by atomic mass is 10.0. The number of pyridine rings is 1. The average molecular weight is 471 g/mol. The summed E-state index contributed by atoms with van der Waals surface area (Å²) in [5.74, 6) is 0.660. The van der Waals surface area contributed by atoms with Gasteiger partial charge >= 0.3 is 0 Å². The molecule has 2 aromatic carbocycles. The van der Waals surface area contributed by atoms with Gasteiger partial charge in [-0.15, -0.1) is 0 Å². The number of nitrogens with zero attached hydrogens (tertiary/aromatic N) is 5. The number of fused-ring (bicyclic) bond motifs is 1. The number of anilines is 1. The number of nitrogens with one attached hydrogen (secondary N) is 1. The Balaban J connectivity index is 1.32. The van der Waals surface area contributed by atoms with Crippen molar-refractivity contribution in [3.8, 4) is 16.9 Å². The van der Waals surface area contributed by atoms with Gasteiger partial charge in [-0.2, -0.15) is 10.2 Å². The third-order valence-corrected chi connectivity index (χ3v) is 5.67.